The van der Waals surface area contributed by atoms with Crippen molar-refractivity contribution in [2.24, 2.45) is 5.92 Å². The number of hydrogen-bond acceptors (Lipinski definition) is 5. The maximum atomic E-state index is 13.1. The fourth-order valence-corrected chi connectivity index (χ4v) is 5.93. The Labute approximate surface area is 169 Å². The molecule has 1 unspecified atom stereocenters. The molecule has 4 nitrogen and oxygen atoms in total. The molecule has 3 saturated heterocycles. The fourth-order valence-electron chi connectivity index (χ4n) is 4.03. The molecule has 3 fully saturated rings. The summed E-state index contributed by atoms with van der Waals surface area (Å²) >= 11 is 3.51. The van der Waals surface area contributed by atoms with Gasteiger partial charge in [-0.3, -0.25) is 9.80 Å². The third-order valence-corrected chi connectivity index (χ3v) is 8.02. The Kier molecular flexibility index (Phi) is 5.85. The number of aryl methyl sites for hydroxylation is 2. The van der Waals surface area contributed by atoms with Crippen LogP contribution in [0.4, 0.5) is 4.79 Å². The standard InChI is InChI=1S/C21H28N2O2S2/c1-3-17-4-5-18(27-17)13-23(14-19-15(2)8-11-26-19)21(24)25-20-12-16-6-9-22(20)10-7-16/h4-5,8,11,16,20H,3,6-7,9-10,12-14H2,1-2H3. The maximum absolute atomic E-state index is 13.1. The smallest absolute Gasteiger partial charge is 0.412 e. The first-order chi connectivity index (χ1) is 13.1. The summed E-state index contributed by atoms with van der Waals surface area (Å²) < 4.78 is 6.00. The van der Waals surface area contributed by atoms with E-state index in [-0.39, 0.29) is 12.3 Å². The third-order valence-electron chi connectivity index (χ3n) is 5.80. The average molecular weight is 405 g/mol. The van der Waals surface area contributed by atoms with Gasteiger partial charge in [0.25, 0.3) is 0 Å². The molecule has 5 heterocycles. The first-order valence-corrected chi connectivity index (χ1v) is 11.6. The molecule has 0 saturated carbocycles. The lowest BCUT2D eigenvalue weighted by Gasteiger charge is -2.44. The zero-order valence-electron chi connectivity index (χ0n) is 16.1. The number of piperidine rings is 3. The van der Waals surface area contributed by atoms with E-state index < -0.39 is 0 Å². The van der Waals surface area contributed by atoms with Gasteiger partial charge >= 0.3 is 6.09 Å². The van der Waals surface area contributed by atoms with Gasteiger partial charge in [-0.25, -0.2) is 4.79 Å². The quantitative estimate of drug-likeness (QED) is 0.658. The second-order valence-electron chi connectivity index (χ2n) is 7.66. The van der Waals surface area contributed by atoms with Crippen molar-refractivity contribution in [3.05, 3.63) is 43.8 Å². The summed E-state index contributed by atoms with van der Waals surface area (Å²) in [5.41, 5.74) is 1.25. The van der Waals surface area contributed by atoms with E-state index in [9.17, 15) is 4.79 Å². The van der Waals surface area contributed by atoms with Crippen LogP contribution in [0.1, 0.15) is 46.4 Å². The summed E-state index contributed by atoms with van der Waals surface area (Å²) in [6, 6.07) is 6.44. The Morgan fingerprint density at radius 1 is 1.22 bits per heavy atom. The molecule has 0 aromatic carbocycles. The van der Waals surface area contributed by atoms with Crippen molar-refractivity contribution in [2.45, 2.75) is 58.8 Å². The number of rotatable bonds is 6. The molecule has 3 aliphatic rings. The predicted octanol–water partition coefficient (Wildman–Crippen LogP) is 5.26. The molecule has 5 rings (SSSR count). The van der Waals surface area contributed by atoms with Gasteiger partial charge in [0.15, 0.2) is 6.23 Å². The molecule has 0 aliphatic carbocycles. The first-order valence-electron chi connectivity index (χ1n) is 9.92. The van der Waals surface area contributed by atoms with Crippen LogP contribution in [0.3, 0.4) is 0 Å². The van der Waals surface area contributed by atoms with Crippen molar-refractivity contribution in [1.29, 1.82) is 0 Å². The van der Waals surface area contributed by atoms with E-state index in [1.165, 1.54) is 33.0 Å². The molecule has 6 heteroatoms. The first kappa shape index (κ1) is 19.0. The van der Waals surface area contributed by atoms with E-state index in [0.717, 1.165) is 31.8 Å². The lowest BCUT2D eigenvalue weighted by atomic mass is 9.87. The molecule has 3 aliphatic heterocycles. The molecule has 1 amide bonds. The third kappa shape index (κ3) is 4.39. The number of hydrogen-bond donors (Lipinski definition) is 0. The van der Waals surface area contributed by atoms with Gasteiger partial charge in [-0.2, -0.15) is 0 Å². The Balaban J connectivity index is 1.47. The lowest BCUT2D eigenvalue weighted by molar-refractivity contribution is -0.0919. The molecule has 0 spiro atoms. The van der Waals surface area contributed by atoms with E-state index in [1.807, 2.05) is 4.90 Å². The van der Waals surface area contributed by atoms with E-state index in [4.69, 9.17) is 4.74 Å². The van der Waals surface area contributed by atoms with Gasteiger partial charge in [-0.15, -0.1) is 22.7 Å². The van der Waals surface area contributed by atoms with E-state index in [1.54, 1.807) is 22.7 Å². The molecule has 0 N–H and O–H groups in total. The summed E-state index contributed by atoms with van der Waals surface area (Å²) in [4.78, 5) is 21.1. The second kappa shape index (κ2) is 8.33. The van der Waals surface area contributed by atoms with Crippen LogP contribution >= 0.6 is 22.7 Å². The minimum absolute atomic E-state index is 0.0357. The molecule has 2 aromatic heterocycles. The molecule has 2 bridgehead atoms. The van der Waals surface area contributed by atoms with E-state index in [2.05, 4.69) is 42.3 Å². The van der Waals surface area contributed by atoms with Crippen molar-refractivity contribution in [3.8, 4) is 0 Å². The number of fused-ring (bicyclic) bond motifs is 3. The Morgan fingerprint density at radius 3 is 2.59 bits per heavy atom. The number of carbonyl (C=O) groups is 1. The predicted molar refractivity (Wildman–Crippen MR) is 111 cm³/mol. The van der Waals surface area contributed by atoms with Gasteiger partial charge in [0.1, 0.15) is 0 Å². The number of thiophene rings is 2. The molecule has 146 valence electrons. The van der Waals surface area contributed by atoms with Gasteiger partial charge in [0.05, 0.1) is 13.1 Å². The summed E-state index contributed by atoms with van der Waals surface area (Å²) in [6.45, 7) is 7.66. The summed E-state index contributed by atoms with van der Waals surface area (Å²) in [6.07, 6.45) is 4.33. The highest BCUT2D eigenvalue weighted by atomic mass is 32.1. The highest BCUT2D eigenvalue weighted by Gasteiger charge is 2.36. The highest BCUT2D eigenvalue weighted by Crippen LogP contribution is 2.33. The van der Waals surface area contributed by atoms with Crippen LogP contribution in [0.25, 0.3) is 0 Å². The van der Waals surface area contributed by atoms with Crippen LogP contribution in [0.2, 0.25) is 0 Å². The lowest BCUT2D eigenvalue weighted by Crippen LogP contribution is -2.51. The van der Waals surface area contributed by atoms with Crippen LogP contribution in [0.15, 0.2) is 23.6 Å². The van der Waals surface area contributed by atoms with Crippen molar-refractivity contribution in [3.63, 3.8) is 0 Å². The normalized spacial score (nSPS) is 24.1. The number of carbonyl (C=O) groups excluding carboxylic acids is 1. The monoisotopic (exact) mass is 404 g/mol. The average Bonchev–Trinajstić information content (AvgIpc) is 3.31. The maximum Gasteiger partial charge on any atom is 0.412 e. The van der Waals surface area contributed by atoms with Crippen LogP contribution < -0.4 is 0 Å². The van der Waals surface area contributed by atoms with Gasteiger partial charge in [0, 0.05) is 34.1 Å². The van der Waals surface area contributed by atoms with Crippen LogP contribution in [-0.2, 0) is 24.2 Å². The van der Waals surface area contributed by atoms with Gasteiger partial charge < -0.3 is 4.74 Å². The van der Waals surface area contributed by atoms with E-state index >= 15 is 0 Å². The molecule has 1 atom stereocenters. The van der Waals surface area contributed by atoms with Gasteiger partial charge in [0.2, 0.25) is 0 Å². The van der Waals surface area contributed by atoms with Crippen LogP contribution in [0, 0.1) is 12.8 Å². The Hall–Kier alpha value is -1.37. The topological polar surface area (TPSA) is 32.8 Å². The fraction of sp³-hybridized carbons (Fsp3) is 0.571. The van der Waals surface area contributed by atoms with Crippen molar-refractivity contribution in [2.75, 3.05) is 13.1 Å². The second-order valence-corrected chi connectivity index (χ2v) is 9.91. The molecule has 27 heavy (non-hydrogen) atoms. The Bertz CT molecular complexity index is 777. The van der Waals surface area contributed by atoms with E-state index in [0.29, 0.717) is 13.1 Å². The molecule has 0 radical (unpaired) electrons. The van der Waals surface area contributed by atoms with Crippen molar-refractivity contribution >= 4 is 28.8 Å². The zero-order valence-corrected chi connectivity index (χ0v) is 17.8. The number of nitrogens with zero attached hydrogens (tertiary/aromatic N) is 2. The highest BCUT2D eigenvalue weighted by molar-refractivity contribution is 7.12. The zero-order chi connectivity index (χ0) is 18.8. The summed E-state index contributed by atoms with van der Waals surface area (Å²) in [5.74, 6) is 0.727. The minimum Gasteiger partial charge on any atom is -0.430 e. The van der Waals surface area contributed by atoms with Crippen LogP contribution in [0.5, 0.6) is 0 Å². The largest absolute Gasteiger partial charge is 0.430 e. The molecular formula is C21H28N2O2S2. The Morgan fingerprint density at radius 2 is 2.00 bits per heavy atom. The molecular weight excluding hydrogens is 376 g/mol. The SMILES string of the molecule is CCc1ccc(CN(Cc2sccc2C)C(=O)OC2CC3CCN2CC3)s1. The van der Waals surface area contributed by atoms with Crippen molar-refractivity contribution < 1.29 is 9.53 Å². The van der Waals surface area contributed by atoms with Crippen LogP contribution in [-0.4, -0.2) is 35.2 Å². The molecule has 2 aromatic rings. The minimum atomic E-state index is -0.174. The van der Waals surface area contributed by atoms with Gasteiger partial charge in [-0.1, -0.05) is 6.92 Å². The number of ether oxygens (including phenoxy) is 1. The van der Waals surface area contributed by atoms with Gasteiger partial charge in [-0.05, 0) is 61.2 Å². The summed E-state index contributed by atoms with van der Waals surface area (Å²) in [5, 5.41) is 2.10. The number of amides is 1. The van der Waals surface area contributed by atoms with Crippen molar-refractivity contribution in [1.82, 2.24) is 9.80 Å². The summed E-state index contributed by atoms with van der Waals surface area (Å²) in [7, 11) is 0.